The van der Waals surface area contributed by atoms with Crippen molar-refractivity contribution in [1.82, 2.24) is 10.3 Å². The largest absolute Gasteiger partial charge is 0.378 e. The second-order valence-electron chi connectivity index (χ2n) is 7.46. The standard InChI is InChI=1S/C22H25N3O/c1-15-14-19-18-4-2-3-5-20(18)24-22(19)21(23-15)16-6-8-17(9-7-16)25-10-12-26-13-11-25/h2-9,15,21,23-24H,10-14H2,1H3/t15-,21+/m0/s1. The van der Waals surface area contributed by atoms with Crippen molar-refractivity contribution in [2.45, 2.75) is 25.4 Å². The highest BCUT2D eigenvalue weighted by Crippen LogP contribution is 2.35. The number of rotatable bonds is 2. The molecule has 0 bridgehead atoms. The number of anilines is 1. The first kappa shape index (κ1) is 15.9. The Morgan fingerprint density at radius 2 is 1.77 bits per heavy atom. The summed E-state index contributed by atoms with van der Waals surface area (Å²) in [5, 5.41) is 5.15. The maximum absolute atomic E-state index is 5.46. The van der Waals surface area contributed by atoms with Gasteiger partial charge in [-0.3, -0.25) is 0 Å². The lowest BCUT2D eigenvalue weighted by Crippen LogP contribution is -2.38. The fraction of sp³-hybridized carbons (Fsp3) is 0.364. The average Bonchev–Trinajstić information content (AvgIpc) is 3.07. The highest BCUT2D eigenvalue weighted by molar-refractivity contribution is 5.85. The van der Waals surface area contributed by atoms with Gasteiger partial charge < -0.3 is 19.9 Å². The highest BCUT2D eigenvalue weighted by atomic mass is 16.5. The lowest BCUT2D eigenvalue weighted by molar-refractivity contribution is 0.122. The Labute approximate surface area is 154 Å². The molecule has 4 nitrogen and oxygen atoms in total. The summed E-state index contributed by atoms with van der Waals surface area (Å²) in [4.78, 5) is 6.08. The number of hydrogen-bond acceptors (Lipinski definition) is 3. The Morgan fingerprint density at radius 1 is 1.00 bits per heavy atom. The average molecular weight is 347 g/mol. The molecule has 2 aliphatic heterocycles. The number of ether oxygens (including phenoxy) is 1. The monoisotopic (exact) mass is 347 g/mol. The molecule has 2 atom stereocenters. The molecule has 5 rings (SSSR count). The molecule has 2 aliphatic rings. The molecule has 3 aromatic rings. The minimum Gasteiger partial charge on any atom is -0.378 e. The van der Waals surface area contributed by atoms with Crippen molar-refractivity contribution in [2.75, 3.05) is 31.2 Å². The first-order valence-corrected chi connectivity index (χ1v) is 9.58. The van der Waals surface area contributed by atoms with Crippen LogP contribution < -0.4 is 10.2 Å². The molecule has 0 aliphatic carbocycles. The Kier molecular flexibility index (Phi) is 3.95. The Morgan fingerprint density at radius 3 is 2.58 bits per heavy atom. The number of H-pyrrole nitrogens is 1. The quantitative estimate of drug-likeness (QED) is 0.744. The number of benzene rings is 2. The number of aromatic amines is 1. The highest BCUT2D eigenvalue weighted by Gasteiger charge is 2.28. The molecule has 0 radical (unpaired) electrons. The summed E-state index contributed by atoms with van der Waals surface area (Å²) in [6.45, 7) is 5.87. The number of nitrogens with zero attached hydrogens (tertiary/aromatic N) is 1. The topological polar surface area (TPSA) is 40.3 Å². The maximum atomic E-state index is 5.46. The van der Waals surface area contributed by atoms with E-state index in [-0.39, 0.29) is 6.04 Å². The van der Waals surface area contributed by atoms with Crippen molar-refractivity contribution >= 4 is 16.6 Å². The van der Waals surface area contributed by atoms with Crippen LogP contribution in [-0.4, -0.2) is 37.3 Å². The van der Waals surface area contributed by atoms with Crippen molar-refractivity contribution in [3.63, 3.8) is 0 Å². The van der Waals surface area contributed by atoms with E-state index in [0.717, 1.165) is 32.7 Å². The zero-order chi connectivity index (χ0) is 17.5. The van der Waals surface area contributed by atoms with Crippen molar-refractivity contribution in [3.8, 4) is 0 Å². The van der Waals surface area contributed by atoms with Crippen LogP contribution >= 0.6 is 0 Å². The maximum Gasteiger partial charge on any atom is 0.0734 e. The number of fused-ring (bicyclic) bond motifs is 3. The van der Waals surface area contributed by atoms with Gasteiger partial charge in [-0.15, -0.1) is 0 Å². The van der Waals surface area contributed by atoms with Crippen molar-refractivity contribution in [3.05, 3.63) is 65.4 Å². The van der Waals surface area contributed by atoms with Crippen LogP contribution in [0.3, 0.4) is 0 Å². The summed E-state index contributed by atoms with van der Waals surface area (Å²) in [6, 6.07) is 18.4. The summed E-state index contributed by atoms with van der Waals surface area (Å²) in [5.41, 5.74) is 6.64. The van der Waals surface area contributed by atoms with Gasteiger partial charge in [0.1, 0.15) is 0 Å². The number of nitrogens with one attached hydrogen (secondary N) is 2. The lowest BCUT2D eigenvalue weighted by Gasteiger charge is -2.31. The summed E-state index contributed by atoms with van der Waals surface area (Å²) < 4.78 is 5.46. The molecule has 0 amide bonds. The predicted octanol–water partition coefficient (Wildman–Crippen LogP) is 3.63. The Hall–Kier alpha value is -2.30. The van der Waals surface area contributed by atoms with E-state index in [1.54, 1.807) is 0 Å². The van der Waals surface area contributed by atoms with Crippen LogP contribution in [0.25, 0.3) is 10.9 Å². The fourth-order valence-electron chi connectivity index (χ4n) is 4.38. The van der Waals surface area contributed by atoms with E-state index in [1.807, 2.05) is 0 Å². The van der Waals surface area contributed by atoms with Gasteiger partial charge in [0, 0.05) is 41.4 Å². The summed E-state index contributed by atoms with van der Waals surface area (Å²) in [6.07, 6.45) is 1.07. The number of hydrogen-bond donors (Lipinski definition) is 2. The van der Waals surface area contributed by atoms with Gasteiger partial charge in [-0.2, -0.15) is 0 Å². The number of morpholine rings is 1. The summed E-state index contributed by atoms with van der Waals surface area (Å²) in [7, 11) is 0. The molecule has 1 aromatic heterocycles. The van der Waals surface area contributed by atoms with Gasteiger partial charge in [-0.05, 0) is 42.7 Å². The zero-order valence-electron chi connectivity index (χ0n) is 15.2. The molecular formula is C22H25N3O. The molecule has 26 heavy (non-hydrogen) atoms. The van der Waals surface area contributed by atoms with E-state index in [4.69, 9.17) is 4.74 Å². The Balaban J connectivity index is 1.50. The third kappa shape index (κ3) is 2.70. The van der Waals surface area contributed by atoms with E-state index in [1.165, 1.54) is 33.4 Å². The van der Waals surface area contributed by atoms with Crippen LogP contribution in [0.5, 0.6) is 0 Å². The van der Waals surface area contributed by atoms with Gasteiger partial charge in [0.2, 0.25) is 0 Å². The Bertz CT molecular complexity index is 909. The molecule has 1 saturated heterocycles. The first-order chi connectivity index (χ1) is 12.8. The van der Waals surface area contributed by atoms with E-state index in [0.29, 0.717) is 6.04 Å². The molecule has 4 heteroatoms. The van der Waals surface area contributed by atoms with Crippen LogP contribution in [-0.2, 0) is 11.2 Å². The van der Waals surface area contributed by atoms with Gasteiger partial charge in [0.25, 0.3) is 0 Å². The third-order valence-corrected chi connectivity index (χ3v) is 5.70. The molecule has 3 heterocycles. The zero-order valence-corrected chi connectivity index (χ0v) is 15.2. The van der Waals surface area contributed by atoms with E-state index in [9.17, 15) is 0 Å². The molecule has 0 spiro atoms. The number of aromatic nitrogens is 1. The second-order valence-corrected chi connectivity index (χ2v) is 7.46. The van der Waals surface area contributed by atoms with Gasteiger partial charge in [-0.25, -0.2) is 0 Å². The van der Waals surface area contributed by atoms with Crippen LogP contribution in [0.1, 0.15) is 29.8 Å². The van der Waals surface area contributed by atoms with Crippen molar-refractivity contribution in [2.24, 2.45) is 0 Å². The molecule has 2 aromatic carbocycles. The SMILES string of the molecule is C[C@H]1Cc2c([nH]c3ccccc23)[C@@H](c2ccc(N3CCOCC3)cc2)N1. The molecule has 1 fully saturated rings. The summed E-state index contributed by atoms with van der Waals surface area (Å²) >= 11 is 0. The summed E-state index contributed by atoms with van der Waals surface area (Å²) in [5.74, 6) is 0. The van der Waals surface area contributed by atoms with E-state index < -0.39 is 0 Å². The fourth-order valence-corrected chi connectivity index (χ4v) is 4.38. The number of para-hydroxylation sites is 1. The molecule has 2 N–H and O–H groups in total. The van der Waals surface area contributed by atoms with Gasteiger partial charge in [0.05, 0.1) is 19.3 Å². The minimum atomic E-state index is 0.222. The van der Waals surface area contributed by atoms with Crippen LogP contribution in [0, 0.1) is 0 Å². The molecule has 134 valence electrons. The minimum absolute atomic E-state index is 0.222. The van der Waals surface area contributed by atoms with E-state index in [2.05, 4.69) is 70.7 Å². The third-order valence-electron chi connectivity index (χ3n) is 5.70. The van der Waals surface area contributed by atoms with Crippen LogP contribution in [0.4, 0.5) is 5.69 Å². The molecule has 0 unspecified atom stereocenters. The van der Waals surface area contributed by atoms with Gasteiger partial charge in [0.15, 0.2) is 0 Å². The lowest BCUT2D eigenvalue weighted by atomic mass is 9.91. The van der Waals surface area contributed by atoms with Crippen LogP contribution in [0.2, 0.25) is 0 Å². The first-order valence-electron chi connectivity index (χ1n) is 9.58. The van der Waals surface area contributed by atoms with Crippen molar-refractivity contribution < 1.29 is 4.74 Å². The molecule has 0 saturated carbocycles. The van der Waals surface area contributed by atoms with Crippen molar-refractivity contribution in [1.29, 1.82) is 0 Å². The smallest absolute Gasteiger partial charge is 0.0734 e. The molecular weight excluding hydrogens is 322 g/mol. The predicted molar refractivity (Wildman–Crippen MR) is 106 cm³/mol. The second kappa shape index (κ2) is 6.45. The normalized spacial score (nSPS) is 23.2. The van der Waals surface area contributed by atoms with Crippen LogP contribution in [0.15, 0.2) is 48.5 Å². The van der Waals surface area contributed by atoms with E-state index >= 15 is 0 Å². The van der Waals surface area contributed by atoms with Gasteiger partial charge in [-0.1, -0.05) is 30.3 Å². The van der Waals surface area contributed by atoms with Gasteiger partial charge >= 0.3 is 0 Å².